The van der Waals surface area contributed by atoms with E-state index in [4.69, 9.17) is 5.73 Å². The minimum Gasteiger partial charge on any atom is -0.328 e. The smallest absolute Gasteiger partial charge is 0.126 e. The second-order valence-electron chi connectivity index (χ2n) is 5.60. The van der Waals surface area contributed by atoms with Gasteiger partial charge >= 0.3 is 0 Å². The van der Waals surface area contributed by atoms with Gasteiger partial charge in [-0.3, -0.25) is 0 Å². The van der Waals surface area contributed by atoms with Crippen molar-refractivity contribution < 1.29 is 4.39 Å². The fourth-order valence-electron chi connectivity index (χ4n) is 3.26. The van der Waals surface area contributed by atoms with Crippen LogP contribution in [0.25, 0.3) is 0 Å². The maximum Gasteiger partial charge on any atom is 0.126 e. The lowest BCUT2D eigenvalue weighted by Crippen LogP contribution is -2.44. The maximum atomic E-state index is 14.6. The van der Waals surface area contributed by atoms with Gasteiger partial charge in [0.25, 0.3) is 0 Å². The summed E-state index contributed by atoms with van der Waals surface area (Å²) in [5, 5.41) is 0. The van der Waals surface area contributed by atoms with Crippen molar-refractivity contribution in [3.05, 3.63) is 0 Å². The van der Waals surface area contributed by atoms with Crippen LogP contribution >= 0.6 is 0 Å². The second-order valence-corrected chi connectivity index (χ2v) is 5.60. The zero-order chi connectivity index (χ0) is 11.5. The summed E-state index contributed by atoms with van der Waals surface area (Å²) in [4.78, 5) is 0. The van der Waals surface area contributed by atoms with Gasteiger partial charge in [0.15, 0.2) is 0 Å². The molecule has 0 amide bonds. The molecule has 1 fully saturated rings. The van der Waals surface area contributed by atoms with Crippen molar-refractivity contribution in [2.75, 3.05) is 6.54 Å². The number of rotatable bonds is 4. The predicted octanol–water partition coefficient (Wildman–Crippen LogP) is 3.53. The molecule has 1 saturated carbocycles. The van der Waals surface area contributed by atoms with Gasteiger partial charge in [-0.1, -0.05) is 27.2 Å². The molecule has 1 rings (SSSR count). The van der Waals surface area contributed by atoms with Gasteiger partial charge in [0.1, 0.15) is 5.67 Å². The lowest BCUT2D eigenvalue weighted by atomic mass is 9.69. The molecule has 1 aliphatic rings. The molecule has 0 aliphatic heterocycles. The highest BCUT2D eigenvalue weighted by Crippen LogP contribution is 2.42. The van der Waals surface area contributed by atoms with Crippen LogP contribution in [-0.4, -0.2) is 12.2 Å². The molecule has 1 aliphatic carbocycles. The van der Waals surface area contributed by atoms with Gasteiger partial charge in [-0.05, 0) is 43.4 Å². The van der Waals surface area contributed by atoms with Crippen molar-refractivity contribution >= 4 is 0 Å². The third kappa shape index (κ3) is 3.17. The first kappa shape index (κ1) is 13.0. The Kier molecular flexibility index (Phi) is 4.57. The Labute approximate surface area is 93.6 Å². The molecule has 0 aromatic heterocycles. The molecule has 0 radical (unpaired) electrons. The Morgan fingerprint density at radius 1 is 1.20 bits per heavy atom. The van der Waals surface area contributed by atoms with Gasteiger partial charge in [-0.2, -0.15) is 0 Å². The summed E-state index contributed by atoms with van der Waals surface area (Å²) >= 11 is 0. The van der Waals surface area contributed by atoms with E-state index in [-0.39, 0.29) is 12.5 Å². The Balaban J connectivity index is 2.66. The third-order valence-corrected chi connectivity index (χ3v) is 3.92. The summed E-state index contributed by atoms with van der Waals surface area (Å²) < 4.78 is 14.6. The summed E-state index contributed by atoms with van der Waals surface area (Å²) in [6, 6.07) is 0. The SMILES string of the molecule is CCCC(F)(CN)C1CC(C)CC(C)C1. The van der Waals surface area contributed by atoms with Gasteiger partial charge in [-0.25, -0.2) is 4.39 Å². The third-order valence-electron chi connectivity index (χ3n) is 3.92. The molecule has 0 aromatic rings. The quantitative estimate of drug-likeness (QED) is 0.763. The van der Waals surface area contributed by atoms with Crippen LogP contribution in [0.15, 0.2) is 0 Å². The van der Waals surface area contributed by atoms with Crippen molar-refractivity contribution in [3.63, 3.8) is 0 Å². The van der Waals surface area contributed by atoms with Crippen LogP contribution in [0.4, 0.5) is 4.39 Å². The highest BCUT2D eigenvalue weighted by atomic mass is 19.1. The van der Waals surface area contributed by atoms with Crippen LogP contribution in [-0.2, 0) is 0 Å². The highest BCUT2D eigenvalue weighted by Gasteiger charge is 2.40. The minimum absolute atomic E-state index is 0.196. The van der Waals surface area contributed by atoms with Crippen LogP contribution in [0.3, 0.4) is 0 Å². The first-order chi connectivity index (χ1) is 7.01. The number of hydrogen-bond acceptors (Lipinski definition) is 1. The van der Waals surface area contributed by atoms with Crippen LogP contribution in [0.2, 0.25) is 0 Å². The normalized spacial score (nSPS) is 36.2. The largest absolute Gasteiger partial charge is 0.328 e. The molecule has 0 spiro atoms. The molecule has 2 N–H and O–H groups in total. The highest BCUT2D eigenvalue weighted by molar-refractivity contribution is 4.91. The average molecular weight is 215 g/mol. The van der Waals surface area contributed by atoms with E-state index in [2.05, 4.69) is 13.8 Å². The lowest BCUT2D eigenvalue weighted by molar-refractivity contribution is 0.0271. The van der Waals surface area contributed by atoms with Crippen LogP contribution in [0.5, 0.6) is 0 Å². The van der Waals surface area contributed by atoms with E-state index in [1.807, 2.05) is 6.92 Å². The van der Waals surface area contributed by atoms with E-state index in [9.17, 15) is 4.39 Å². The van der Waals surface area contributed by atoms with Crippen LogP contribution < -0.4 is 5.73 Å². The maximum absolute atomic E-state index is 14.6. The van der Waals surface area contributed by atoms with Crippen molar-refractivity contribution in [2.45, 2.75) is 58.5 Å². The number of halogens is 1. The van der Waals surface area contributed by atoms with Crippen LogP contribution in [0, 0.1) is 17.8 Å². The Bertz CT molecular complexity index is 185. The Morgan fingerprint density at radius 2 is 1.73 bits per heavy atom. The zero-order valence-electron chi connectivity index (χ0n) is 10.4. The second kappa shape index (κ2) is 5.29. The summed E-state index contributed by atoms with van der Waals surface area (Å²) in [7, 11) is 0. The van der Waals surface area contributed by atoms with E-state index in [0.29, 0.717) is 18.3 Å². The molecule has 0 aromatic carbocycles. The first-order valence-electron chi connectivity index (χ1n) is 6.40. The first-order valence-corrected chi connectivity index (χ1v) is 6.40. The summed E-state index contributed by atoms with van der Waals surface area (Å²) in [5.74, 6) is 1.52. The van der Waals surface area contributed by atoms with Crippen molar-refractivity contribution in [1.29, 1.82) is 0 Å². The Hall–Kier alpha value is -0.110. The van der Waals surface area contributed by atoms with Gasteiger partial charge in [0, 0.05) is 6.54 Å². The summed E-state index contributed by atoms with van der Waals surface area (Å²) in [6.07, 6.45) is 4.83. The van der Waals surface area contributed by atoms with Crippen molar-refractivity contribution in [3.8, 4) is 0 Å². The van der Waals surface area contributed by atoms with E-state index < -0.39 is 5.67 Å². The molecule has 15 heavy (non-hydrogen) atoms. The van der Waals surface area contributed by atoms with E-state index in [1.54, 1.807) is 0 Å². The Morgan fingerprint density at radius 3 is 2.13 bits per heavy atom. The molecular formula is C13H26FN. The van der Waals surface area contributed by atoms with E-state index >= 15 is 0 Å². The monoisotopic (exact) mass is 215 g/mol. The van der Waals surface area contributed by atoms with E-state index in [0.717, 1.165) is 19.3 Å². The molecular weight excluding hydrogens is 189 g/mol. The van der Waals surface area contributed by atoms with Gasteiger partial charge in [-0.15, -0.1) is 0 Å². The molecule has 1 nitrogen and oxygen atoms in total. The van der Waals surface area contributed by atoms with Gasteiger partial charge in [0.05, 0.1) is 0 Å². The summed E-state index contributed by atoms with van der Waals surface area (Å²) in [5.41, 5.74) is 4.54. The number of alkyl halides is 1. The molecule has 0 saturated heterocycles. The summed E-state index contributed by atoms with van der Waals surface area (Å²) in [6.45, 7) is 6.72. The topological polar surface area (TPSA) is 26.0 Å². The lowest BCUT2D eigenvalue weighted by Gasteiger charge is -2.40. The zero-order valence-corrected chi connectivity index (χ0v) is 10.4. The fraction of sp³-hybridized carbons (Fsp3) is 1.00. The molecule has 2 heteroatoms. The van der Waals surface area contributed by atoms with Crippen molar-refractivity contribution in [2.24, 2.45) is 23.5 Å². The molecule has 90 valence electrons. The van der Waals surface area contributed by atoms with Gasteiger partial charge < -0.3 is 5.73 Å². The number of nitrogens with two attached hydrogens (primary N) is 1. The predicted molar refractivity (Wildman–Crippen MR) is 63.5 cm³/mol. The average Bonchev–Trinajstić information content (AvgIpc) is 2.16. The van der Waals surface area contributed by atoms with Crippen LogP contribution in [0.1, 0.15) is 52.9 Å². The number of hydrogen-bond donors (Lipinski definition) is 1. The molecule has 0 bridgehead atoms. The molecule has 0 heterocycles. The van der Waals surface area contributed by atoms with Crippen molar-refractivity contribution in [1.82, 2.24) is 0 Å². The fourth-order valence-corrected chi connectivity index (χ4v) is 3.26. The van der Waals surface area contributed by atoms with E-state index in [1.165, 1.54) is 6.42 Å². The molecule has 3 atom stereocenters. The minimum atomic E-state index is -1.10. The standard InChI is InChI=1S/C13H26FN/c1-4-5-13(14,9-15)12-7-10(2)6-11(3)8-12/h10-12H,4-9,15H2,1-3H3. The molecule has 3 unspecified atom stereocenters. The van der Waals surface area contributed by atoms with Gasteiger partial charge in [0.2, 0.25) is 0 Å².